The maximum absolute atomic E-state index is 12.4. The van der Waals surface area contributed by atoms with E-state index in [0.29, 0.717) is 6.92 Å². The number of nitrogens with one attached hydrogen (secondary N) is 1. The number of aromatic nitrogens is 2. The van der Waals surface area contributed by atoms with Crippen molar-refractivity contribution < 1.29 is 8.78 Å². The molecular weight excluding hydrogens is 154 g/mol. The molecule has 0 aliphatic rings. The highest BCUT2D eigenvalue weighted by Gasteiger charge is 2.24. The number of alkyl halides is 2. The van der Waals surface area contributed by atoms with E-state index in [2.05, 4.69) is 4.98 Å². The number of hydrogen-bond acceptors (Lipinski definition) is 2. The lowest BCUT2D eigenvalue weighted by atomic mass is 10.3. The Bertz CT molecular complexity index is 302. The summed E-state index contributed by atoms with van der Waals surface area (Å²) in [7, 11) is 0. The van der Waals surface area contributed by atoms with Gasteiger partial charge in [0.15, 0.2) is 0 Å². The molecule has 0 radical (unpaired) electrons. The molecule has 1 heterocycles. The van der Waals surface area contributed by atoms with E-state index < -0.39 is 17.3 Å². The second-order valence-electron chi connectivity index (χ2n) is 2.18. The van der Waals surface area contributed by atoms with Crippen molar-refractivity contribution in [2.24, 2.45) is 0 Å². The highest BCUT2D eigenvalue weighted by molar-refractivity contribution is 5.04. The molecule has 0 aliphatic heterocycles. The molecule has 1 rings (SSSR count). The van der Waals surface area contributed by atoms with Crippen LogP contribution in [-0.4, -0.2) is 9.97 Å². The topological polar surface area (TPSA) is 45.8 Å². The molecule has 1 N–H and O–H groups in total. The van der Waals surface area contributed by atoms with Crippen LogP contribution in [0.3, 0.4) is 0 Å². The van der Waals surface area contributed by atoms with Crippen molar-refractivity contribution in [1.29, 1.82) is 0 Å². The number of nitrogens with zero attached hydrogens (tertiary/aromatic N) is 1. The highest BCUT2D eigenvalue weighted by Crippen LogP contribution is 2.22. The van der Waals surface area contributed by atoms with Crippen molar-refractivity contribution >= 4 is 0 Å². The van der Waals surface area contributed by atoms with Gasteiger partial charge in [0.2, 0.25) is 0 Å². The first kappa shape index (κ1) is 7.84. The van der Waals surface area contributed by atoms with E-state index in [9.17, 15) is 13.6 Å². The molecule has 0 unspecified atom stereocenters. The van der Waals surface area contributed by atoms with Crippen LogP contribution in [-0.2, 0) is 5.92 Å². The molecule has 0 atom stereocenters. The van der Waals surface area contributed by atoms with Crippen LogP contribution in [0.4, 0.5) is 8.78 Å². The summed E-state index contributed by atoms with van der Waals surface area (Å²) in [5, 5.41) is 0. The van der Waals surface area contributed by atoms with Crippen LogP contribution in [0.2, 0.25) is 0 Å². The van der Waals surface area contributed by atoms with Gasteiger partial charge >= 0.3 is 5.69 Å². The molecule has 0 aromatic carbocycles. The maximum Gasteiger partial charge on any atom is 0.345 e. The molecular formula is C6H6F2N2O. The zero-order chi connectivity index (χ0) is 8.48. The summed E-state index contributed by atoms with van der Waals surface area (Å²) in [4.78, 5) is 15.6. The van der Waals surface area contributed by atoms with Gasteiger partial charge in [0.1, 0.15) is 0 Å². The third kappa shape index (κ3) is 1.83. The zero-order valence-corrected chi connectivity index (χ0v) is 5.77. The lowest BCUT2D eigenvalue weighted by molar-refractivity contribution is 0.0123. The second-order valence-corrected chi connectivity index (χ2v) is 2.18. The molecule has 0 aliphatic carbocycles. The minimum absolute atomic E-state index is 0.419. The summed E-state index contributed by atoms with van der Waals surface area (Å²) in [5.74, 6) is -3.01. The largest absolute Gasteiger partial charge is 0.345 e. The van der Waals surface area contributed by atoms with Gasteiger partial charge in [0.25, 0.3) is 5.92 Å². The minimum Gasteiger partial charge on any atom is -0.304 e. The van der Waals surface area contributed by atoms with Crippen molar-refractivity contribution in [3.63, 3.8) is 0 Å². The number of H-pyrrole nitrogens is 1. The zero-order valence-electron chi connectivity index (χ0n) is 5.77. The molecule has 1 aromatic heterocycles. The fourth-order valence-electron chi connectivity index (χ4n) is 0.625. The van der Waals surface area contributed by atoms with Crippen molar-refractivity contribution in [2.75, 3.05) is 0 Å². The van der Waals surface area contributed by atoms with Crippen LogP contribution in [0.5, 0.6) is 0 Å². The van der Waals surface area contributed by atoms with Gasteiger partial charge in [-0.05, 0) is 6.07 Å². The Balaban J connectivity index is 3.16. The second kappa shape index (κ2) is 2.41. The summed E-state index contributed by atoms with van der Waals surface area (Å²) in [6, 6.07) is 1.07. The van der Waals surface area contributed by atoms with E-state index >= 15 is 0 Å². The van der Waals surface area contributed by atoms with E-state index in [0.717, 1.165) is 12.3 Å². The first-order chi connectivity index (χ1) is 5.00. The number of aromatic amines is 1. The fraction of sp³-hybridized carbons (Fsp3) is 0.333. The van der Waals surface area contributed by atoms with E-state index in [1.54, 1.807) is 0 Å². The van der Waals surface area contributed by atoms with E-state index in [1.165, 1.54) is 0 Å². The van der Waals surface area contributed by atoms with Gasteiger partial charge in [-0.2, -0.15) is 0 Å². The average molecular weight is 160 g/mol. The van der Waals surface area contributed by atoms with Gasteiger partial charge in [-0.15, -0.1) is 0 Å². The number of rotatable bonds is 1. The van der Waals surface area contributed by atoms with Crippen LogP contribution < -0.4 is 5.69 Å². The summed E-state index contributed by atoms with van der Waals surface area (Å²) in [5.41, 5.74) is -1.18. The molecule has 11 heavy (non-hydrogen) atoms. The Kier molecular flexibility index (Phi) is 1.72. The normalized spacial score (nSPS) is 11.5. The molecule has 60 valence electrons. The lowest BCUT2D eigenvalue weighted by Gasteiger charge is -2.07. The SMILES string of the molecule is CC(F)(F)c1ccnc(=O)[nH]1. The lowest BCUT2D eigenvalue weighted by Crippen LogP contribution is -2.18. The van der Waals surface area contributed by atoms with E-state index in [-0.39, 0.29) is 0 Å². The van der Waals surface area contributed by atoms with Crippen LogP contribution in [0.25, 0.3) is 0 Å². The van der Waals surface area contributed by atoms with Crippen LogP contribution in [0.15, 0.2) is 17.1 Å². The Morgan fingerprint density at radius 1 is 1.64 bits per heavy atom. The summed E-state index contributed by atoms with van der Waals surface area (Å²) < 4.78 is 24.9. The Morgan fingerprint density at radius 2 is 2.27 bits per heavy atom. The molecule has 5 heteroatoms. The van der Waals surface area contributed by atoms with Crippen LogP contribution >= 0.6 is 0 Å². The van der Waals surface area contributed by atoms with Gasteiger partial charge in [-0.3, -0.25) is 0 Å². The molecule has 0 saturated carbocycles. The van der Waals surface area contributed by atoms with Crippen molar-refractivity contribution in [1.82, 2.24) is 9.97 Å². The van der Waals surface area contributed by atoms with E-state index in [1.807, 2.05) is 4.98 Å². The fourth-order valence-corrected chi connectivity index (χ4v) is 0.625. The van der Waals surface area contributed by atoms with Gasteiger partial charge in [0, 0.05) is 13.1 Å². The Hall–Kier alpha value is -1.26. The van der Waals surface area contributed by atoms with Crippen LogP contribution in [0.1, 0.15) is 12.6 Å². The molecule has 0 fully saturated rings. The van der Waals surface area contributed by atoms with Gasteiger partial charge < -0.3 is 4.98 Å². The quantitative estimate of drug-likeness (QED) is 0.662. The van der Waals surface area contributed by atoms with Gasteiger partial charge in [0.05, 0.1) is 5.69 Å². The molecule has 0 bridgehead atoms. The monoisotopic (exact) mass is 160 g/mol. The highest BCUT2D eigenvalue weighted by atomic mass is 19.3. The molecule has 0 saturated heterocycles. The standard InChI is InChI=1S/C6H6F2N2O/c1-6(7,8)4-2-3-9-5(11)10-4/h2-3H,1H3,(H,9,10,11). The maximum atomic E-state index is 12.4. The summed E-state index contributed by atoms with van der Waals surface area (Å²) in [6.07, 6.45) is 1.05. The van der Waals surface area contributed by atoms with Crippen LogP contribution in [0, 0.1) is 0 Å². The van der Waals surface area contributed by atoms with Crippen molar-refractivity contribution in [3.05, 3.63) is 28.4 Å². The molecule has 0 spiro atoms. The summed E-state index contributed by atoms with van der Waals surface area (Å²) in [6.45, 7) is 0.707. The molecule has 0 amide bonds. The van der Waals surface area contributed by atoms with Crippen molar-refractivity contribution in [3.8, 4) is 0 Å². The van der Waals surface area contributed by atoms with Gasteiger partial charge in [-0.25, -0.2) is 18.6 Å². The van der Waals surface area contributed by atoms with E-state index in [4.69, 9.17) is 0 Å². The predicted molar refractivity (Wildman–Crippen MR) is 34.4 cm³/mol. The summed E-state index contributed by atoms with van der Waals surface area (Å²) >= 11 is 0. The Labute approximate surface area is 61.1 Å². The minimum atomic E-state index is -3.01. The predicted octanol–water partition coefficient (Wildman–Crippen LogP) is 0.882. The third-order valence-electron chi connectivity index (χ3n) is 1.15. The number of halogens is 2. The van der Waals surface area contributed by atoms with Gasteiger partial charge in [-0.1, -0.05) is 0 Å². The Morgan fingerprint density at radius 3 is 2.64 bits per heavy atom. The van der Waals surface area contributed by atoms with Crippen molar-refractivity contribution in [2.45, 2.75) is 12.8 Å². The smallest absolute Gasteiger partial charge is 0.304 e. The first-order valence-electron chi connectivity index (χ1n) is 2.94. The molecule has 1 aromatic rings. The third-order valence-corrected chi connectivity index (χ3v) is 1.15. The molecule has 3 nitrogen and oxygen atoms in total. The first-order valence-corrected chi connectivity index (χ1v) is 2.94. The average Bonchev–Trinajstić information content (AvgIpc) is 1.86. The number of hydrogen-bond donors (Lipinski definition) is 1.